The summed E-state index contributed by atoms with van der Waals surface area (Å²) in [4.78, 5) is 0. The quantitative estimate of drug-likeness (QED) is 0.349. The summed E-state index contributed by atoms with van der Waals surface area (Å²) < 4.78 is 2.21. The number of hydrogen-bond acceptors (Lipinski definition) is 2. The Kier molecular flexibility index (Phi) is 5.61. The van der Waals surface area contributed by atoms with Gasteiger partial charge in [0.05, 0.1) is 5.69 Å². The summed E-state index contributed by atoms with van der Waals surface area (Å²) in [5, 5.41) is 4.20. The third-order valence-electron chi connectivity index (χ3n) is 2.84. The minimum absolute atomic E-state index is 1.01. The highest BCUT2D eigenvalue weighted by Gasteiger charge is 1.96. The van der Waals surface area contributed by atoms with Crippen LogP contribution < -0.4 is 9.99 Å². The number of nitrogens with one attached hydrogen (secondary N) is 1. The first kappa shape index (κ1) is 13.3. The maximum atomic E-state index is 4.20. The largest absolute Gasteiger partial charge is 0.279 e. The molecule has 0 unspecified atom stereocenters. The molecule has 1 aromatic heterocycles. The van der Waals surface area contributed by atoms with Crippen LogP contribution in [0.4, 0.5) is 5.69 Å². The molecular formula is C16H20N3+. The van der Waals surface area contributed by atoms with E-state index in [1.54, 1.807) is 0 Å². The summed E-state index contributed by atoms with van der Waals surface area (Å²) in [5.74, 6) is 0. The fourth-order valence-electron chi connectivity index (χ4n) is 1.81. The Bertz CT molecular complexity index is 480. The lowest BCUT2D eigenvalue weighted by molar-refractivity contribution is -0.697. The smallest absolute Gasteiger partial charge is 0.168 e. The van der Waals surface area contributed by atoms with E-state index in [0.29, 0.717) is 0 Å². The molecule has 19 heavy (non-hydrogen) atoms. The number of para-hydroxylation sites is 1. The van der Waals surface area contributed by atoms with Crippen molar-refractivity contribution < 1.29 is 4.57 Å². The van der Waals surface area contributed by atoms with Crippen LogP contribution in [0.3, 0.4) is 0 Å². The first-order chi connectivity index (χ1) is 9.45. The van der Waals surface area contributed by atoms with Gasteiger partial charge >= 0.3 is 0 Å². The first-order valence-corrected chi connectivity index (χ1v) is 6.72. The van der Waals surface area contributed by atoms with Gasteiger partial charge in [-0.3, -0.25) is 5.43 Å². The number of rotatable bonds is 7. The minimum Gasteiger partial charge on any atom is -0.279 e. The molecule has 0 spiro atoms. The highest BCUT2D eigenvalue weighted by molar-refractivity contribution is 5.59. The molecule has 0 aliphatic rings. The van der Waals surface area contributed by atoms with Gasteiger partial charge < -0.3 is 0 Å². The second kappa shape index (κ2) is 8.03. The lowest BCUT2D eigenvalue weighted by Gasteiger charge is -1.98. The maximum Gasteiger partial charge on any atom is 0.168 e. The zero-order valence-corrected chi connectivity index (χ0v) is 11.1. The lowest BCUT2D eigenvalue weighted by atomic mass is 10.2. The van der Waals surface area contributed by atoms with Gasteiger partial charge in [0.2, 0.25) is 0 Å². The van der Waals surface area contributed by atoms with E-state index in [1.807, 2.05) is 42.6 Å². The van der Waals surface area contributed by atoms with Crippen LogP contribution in [0.2, 0.25) is 0 Å². The SMILES string of the molecule is C(CCCC[n+]1ccccc1)=NNc1ccccc1. The van der Waals surface area contributed by atoms with Crippen LogP contribution in [-0.4, -0.2) is 6.21 Å². The van der Waals surface area contributed by atoms with E-state index in [-0.39, 0.29) is 0 Å². The van der Waals surface area contributed by atoms with Gasteiger partial charge in [0.25, 0.3) is 0 Å². The van der Waals surface area contributed by atoms with Gasteiger partial charge in [0.15, 0.2) is 12.4 Å². The topological polar surface area (TPSA) is 28.3 Å². The van der Waals surface area contributed by atoms with Gasteiger partial charge in [-0.25, -0.2) is 4.57 Å². The zero-order valence-electron chi connectivity index (χ0n) is 11.1. The molecule has 3 heteroatoms. The van der Waals surface area contributed by atoms with E-state index in [1.165, 1.54) is 6.42 Å². The van der Waals surface area contributed by atoms with E-state index in [0.717, 1.165) is 25.1 Å². The summed E-state index contributed by atoms with van der Waals surface area (Å²) in [6.07, 6.45) is 9.49. The molecule has 1 heterocycles. The maximum absolute atomic E-state index is 4.20. The molecule has 0 bridgehead atoms. The third-order valence-corrected chi connectivity index (χ3v) is 2.84. The van der Waals surface area contributed by atoms with Gasteiger partial charge in [-0.15, -0.1) is 0 Å². The molecule has 0 radical (unpaired) electrons. The fraction of sp³-hybridized carbons (Fsp3) is 0.250. The van der Waals surface area contributed by atoms with Crippen molar-refractivity contribution in [3.05, 3.63) is 60.9 Å². The zero-order chi connectivity index (χ0) is 13.2. The number of aromatic nitrogens is 1. The van der Waals surface area contributed by atoms with Crippen molar-refractivity contribution in [1.29, 1.82) is 0 Å². The Morgan fingerprint density at radius 2 is 1.68 bits per heavy atom. The third kappa shape index (κ3) is 5.34. The van der Waals surface area contributed by atoms with Crippen LogP contribution in [-0.2, 0) is 6.54 Å². The van der Waals surface area contributed by atoms with Crippen LogP contribution in [0.25, 0.3) is 0 Å². The predicted molar refractivity (Wildman–Crippen MR) is 79.0 cm³/mol. The van der Waals surface area contributed by atoms with Crippen molar-refractivity contribution in [2.45, 2.75) is 25.8 Å². The van der Waals surface area contributed by atoms with Crippen LogP contribution in [0, 0.1) is 0 Å². The van der Waals surface area contributed by atoms with Crippen molar-refractivity contribution in [3.8, 4) is 0 Å². The molecular weight excluding hydrogens is 234 g/mol. The molecule has 2 aromatic rings. The summed E-state index contributed by atoms with van der Waals surface area (Å²) in [6.45, 7) is 1.07. The molecule has 0 saturated heterocycles. The van der Waals surface area contributed by atoms with Crippen molar-refractivity contribution in [3.63, 3.8) is 0 Å². The number of benzene rings is 1. The number of nitrogens with zero attached hydrogens (tertiary/aromatic N) is 2. The molecule has 0 amide bonds. The number of anilines is 1. The summed E-state index contributed by atoms with van der Waals surface area (Å²) in [6, 6.07) is 16.2. The van der Waals surface area contributed by atoms with Crippen molar-refractivity contribution in [2.75, 3.05) is 5.43 Å². The molecule has 1 aromatic carbocycles. The molecule has 0 aliphatic heterocycles. The van der Waals surface area contributed by atoms with Crippen LogP contribution in [0.15, 0.2) is 66.0 Å². The summed E-state index contributed by atoms with van der Waals surface area (Å²) >= 11 is 0. The molecule has 0 aliphatic carbocycles. The van der Waals surface area contributed by atoms with Gasteiger partial charge in [-0.2, -0.15) is 5.10 Å². The first-order valence-electron chi connectivity index (χ1n) is 6.72. The molecule has 0 saturated carbocycles. The average molecular weight is 254 g/mol. The minimum atomic E-state index is 1.01. The number of hydrogen-bond donors (Lipinski definition) is 1. The Morgan fingerprint density at radius 1 is 0.947 bits per heavy atom. The number of unbranched alkanes of at least 4 members (excludes halogenated alkanes) is 2. The van der Waals surface area contributed by atoms with E-state index >= 15 is 0 Å². The van der Waals surface area contributed by atoms with Crippen LogP contribution >= 0.6 is 0 Å². The normalized spacial score (nSPS) is 10.7. The van der Waals surface area contributed by atoms with Gasteiger partial charge in [0, 0.05) is 24.8 Å². The van der Waals surface area contributed by atoms with E-state index in [9.17, 15) is 0 Å². The van der Waals surface area contributed by atoms with E-state index in [2.05, 4.69) is 39.6 Å². The second-order valence-corrected chi connectivity index (χ2v) is 4.40. The number of pyridine rings is 1. The second-order valence-electron chi connectivity index (χ2n) is 4.40. The Morgan fingerprint density at radius 3 is 2.47 bits per heavy atom. The Labute approximate surface area is 114 Å². The van der Waals surface area contributed by atoms with Gasteiger partial charge in [-0.05, 0) is 25.0 Å². The highest BCUT2D eigenvalue weighted by Crippen LogP contribution is 2.04. The standard InChI is InChI=1S/C16H20N3/c1-4-10-16(11-5-1)18-17-12-6-2-7-13-19-14-8-3-9-15-19/h1,3-5,8-12,14-15,18H,2,6-7,13H2/q+1. The Hall–Kier alpha value is -2.16. The van der Waals surface area contributed by atoms with Crippen molar-refractivity contribution in [2.24, 2.45) is 5.10 Å². The molecule has 0 atom stereocenters. The lowest BCUT2D eigenvalue weighted by Crippen LogP contribution is -2.32. The monoisotopic (exact) mass is 254 g/mol. The number of aryl methyl sites for hydroxylation is 1. The van der Waals surface area contributed by atoms with E-state index in [4.69, 9.17) is 0 Å². The molecule has 98 valence electrons. The van der Waals surface area contributed by atoms with Crippen molar-refractivity contribution >= 4 is 11.9 Å². The predicted octanol–water partition coefficient (Wildman–Crippen LogP) is 3.24. The molecule has 1 N–H and O–H groups in total. The van der Waals surface area contributed by atoms with Gasteiger partial charge in [-0.1, -0.05) is 24.3 Å². The molecule has 3 nitrogen and oxygen atoms in total. The molecule has 0 fully saturated rings. The summed E-state index contributed by atoms with van der Waals surface area (Å²) in [5.41, 5.74) is 4.04. The van der Waals surface area contributed by atoms with Crippen molar-refractivity contribution in [1.82, 2.24) is 0 Å². The van der Waals surface area contributed by atoms with E-state index < -0.39 is 0 Å². The van der Waals surface area contributed by atoms with Gasteiger partial charge in [0.1, 0.15) is 6.54 Å². The number of hydrazone groups is 1. The van der Waals surface area contributed by atoms with Crippen LogP contribution in [0.5, 0.6) is 0 Å². The fourth-order valence-corrected chi connectivity index (χ4v) is 1.81. The molecule has 2 rings (SSSR count). The van der Waals surface area contributed by atoms with Crippen LogP contribution in [0.1, 0.15) is 19.3 Å². The average Bonchev–Trinajstić information content (AvgIpc) is 2.48. The highest BCUT2D eigenvalue weighted by atomic mass is 15.3. The Balaban J connectivity index is 1.57. The summed E-state index contributed by atoms with van der Waals surface area (Å²) in [7, 11) is 0.